The minimum absolute atomic E-state index is 0.00691. The molecule has 31 heavy (non-hydrogen) atoms. The molecular weight excluding hydrogens is 424 g/mol. The van der Waals surface area contributed by atoms with Crippen molar-refractivity contribution in [1.29, 1.82) is 0 Å². The van der Waals surface area contributed by atoms with Crippen LogP contribution in [-0.4, -0.2) is 31.4 Å². The molecule has 2 aliphatic heterocycles. The van der Waals surface area contributed by atoms with Gasteiger partial charge in [-0.25, -0.2) is 0 Å². The van der Waals surface area contributed by atoms with E-state index in [9.17, 15) is 0 Å². The highest BCUT2D eigenvalue weighted by Gasteiger charge is 2.46. The summed E-state index contributed by atoms with van der Waals surface area (Å²) in [5, 5.41) is 1.92. The van der Waals surface area contributed by atoms with E-state index >= 15 is 0 Å². The molecule has 0 amide bonds. The quantitative estimate of drug-likeness (QED) is 0.459. The van der Waals surface area contributed by atoms with Crippen LogP contribution in [0.2, 0.25) is 5.02 Å². The van der Waals surface area contributed by atoms with Crippen molar-refractivity contribution in [3.05, 3.63) is 81.9 Å². The molecule has 1 fully saturated rings. The van der Waals surface area contributed by atoms with Gasteiger partial charge in [0, 0.05) is 40.1 Å². The molecule has 160 valence electrons. The lowest BCUT2D eigenvalue weighted by atomic mass is 9.95. The Kier molecular flexibility index (Phi) is 5.35. The van der Waals surface area contributed by atoms with Crippen molar-refractivity contribution in [3.8, 4) is 5.69 Å². The zero-order valence-electron chi connectivity index (χ0n) is 18.3. The number of fused-ring (bicyclic) bond motifs is 1. The van der Waals surface area contributed by atoms with Crippen LogP contribution >= 0.6 is 23.4 Å². The highest BCUT2D eigenvalue weighted by molar-refractivity contribution is 8.14. The largest absolute Gasteiger partial charge is 0.338 e. The molecule has 0 unspecified atom stereocenters. The van der Waals surface area contributed by atoms with Gasteiger partial charge < -0.3 is 9.47 Å². The third-order valence-corrected chi connectivity index (χ3v) is 7.89. The number of hydrogen-bond acceptors (Lipinski definition) is 4. The first-order valence-corrected chi connectivity index (χ1v) is 12.2. The van der Waals surface area contributed by atoms with Gasteiger partial charge in [-0.15, -0.1) is 0 Å². The number of hydrogen-bond donors (Lipinski definition) is 0. The van der Waals surface area contributed by atoms with E-state index in [1.54, 1.807) is 0 Å². The summed E-state index contributed by atoms with van der Waals surface area (Å²) in [6.45, 7) is 8.82. The van der Waals surface area contributed by atoms with Gasteiger partial charge in [0.15, 0.2) is 5.17 Å². The number of thioether (sulfide) groups is 1. The Hall–Kier alpha value is -2.24. The second-order valence-corrected chi connectivity index (χ2v) is 9.85. The van der Waals surface area contributed by atoms with Crippen LogP contribution in [0.15, 0.2) is 53.7 Å². The average Bonchev–Trinajstić information content (AvgIpc) is 3.42. The van der Waals surface area contributed by atoms with Crippen LogP contribution in [0.25, 0.3) is 5.69 Å². The third-order valence-electron chi connectivity index (χ3n) is 6.53. The predicted molar refractivity (Wildman–Crippen MR) is 131 cm³/mol. The zero-order valence-corrected chi connectivity index (χ0v) is 19.9. The summed E-state index contributed by atoms with van der Waals surface area (Å²) in [5.41, 5.74) is 7.18. The Labute approximate surface area is 193 Å². The lowest BCUT2D eigenvalue weighted by Crippen LogP contribution is -2.35. The van der Waals surface area contributed by atoms with Crippen molar-refractivity contribution < 1.29 is 0 Å². The van der Waals surface area contributed by atoms with Crippen molar-refractivity contribution in [1.82, 2.24) is 14.5 Å². The minimum Gasteiger partial charge on any atom is -0.338 e. The number of aliphatic imine (C=N–C) groups is 1. The highest BCUT2D eigenvalue weighted by atomic mass is 35.5. The van der Waals surface area contributed by atoms with Gasteiger partial charge in [0.05, 0.1) is 11.7 Å². The lowest BCUT2D eigenvalue weighted by Gasteiger charge is -2.32. The molecule has 0 aliphatic carbocycles. The van der Waals surface area contributed by atoms with Crippen molar-refractivity contribution in [2.75, 3.05) is 5.75 Å². The Morgan fingerprint density at radius 2 is 1.97 bits per heavy atom. The van der Waals surface area contributed by atoms with E-state index in [0.29, 0.717) is 6.04 Å². The number of pyridine rings is 1. The monoisotopic (exact) mass is 450 g/mol. The Morgan fingerprint density at radius 1 is 1.13 bits per heavy atom. The van der Waals surface area contributed by atoms with Gasteiger partial charge in [0.25, 0.3) is 0 Å². The normalized spacial score (nSPS) is 22.7. The summed E-state index contributed by atoms with van der Waals surface area (Å²) >= 11 is 8.25. The van der Waals surface area contributed by atoms with Crippen LogP contribution in [-0.2, 0) is 0 Å². The van der Waals surface area contributed by atoms with Crippen molar-refractivity contribution >= 4 is 28.5 Å². The number of nitrogens with zero attached hydrogens (tertiary/aromatic N) is 4. The molecule has 6 heteroatoms. The smallest absolute Gasteiger partial charge is 0.160 e. The van der Waals surface area contributed by atoms with Gasteiger partial charge in [0.1, 0.15) is 6.04 Å². The number of aryl methyl sites for hydroxylation is 2. The van der Waals surface area contributed by atoms with Crippen LogP contribution in [0.1, 0.15) is 53.6 Å². The summed E-state index contributed by atoms with van der Waals surface area (Å²) in [6, 6.07) is 15.2. The predicted octanol–water partition coefficient (Wildman–Crippen LogP) is 6.43. The molecule has 0 spiro atoms. The summed E-state index contributed by atoms with van der Waals surface area (Å²) < 4.78 is 2.34. The van der Waals surface area contributed by atoms with Crippen LogP contribution in [0.4, 0.5) is 0 Å². The molecule has 1 saturated heterocycles. The molecule has 2 aliphatic rings. The minimum atomic E-state index is 0.00691. The van der Waals surface area contributed by atoms with Gasteiger partial charge in [-0.3, -0.25) is 9.98 Å². The highest BCUT2D eigenvalue weighted by Crippen LogP contribution is 2.49. The van der Waals surface area contributed by atoms with Gasteiger partial charge in [-0.2, -0.15) is 0 Å². The Balaban J connectivity index is 1.66. The number of aromatic nitrogens is 2. The molecule has 3 aromatic rings. The molecule has 5 rings (SSSR count). The van der Waals surface area contributed by atoms with E-state index in [4.69, 9.17) is 21.6 Å². The standard InChI is InChI=1S/C25H27ClN4S/c1-5-19-14-31-25-28-23(21-8-6-7-11-27-21)24(30(19)25)20-12-16(3)29(17(20)4)22-13-18(26)10-9-15(22)2/h6-13,19,23-24H,5,14H2,1-4H3/t19-,23+,24-/m1/s1. The van der Waals surface area contributed by atoms with E-state index in [1.807, 2.05) is 30.1 Å². The maximum absolute atomic E-state index is 6.37. The van der Waals surface area contributed by atoms with E-state index in [1.165, 1.54) is 22.5 Å². The van der Waals surface area contributed by atoms with E-state index in [2.05, 4.69) is 67.5 Å². The fourth-order valence-electron chi connectivity index (χ4n) is 4.97. The first-order chi connectivity index (χ1) is 15.0. The fourth-order valence-corrected chi connectivity index (χ4v) is 6.47. The lowest BCUT2D eigenvalue weighted by molar-refractivity contribution is 0.254. The third kappa shape index (κ3) is 3.39. The molecule has 0 bridgehead atoms. The summed E-state index contributed by atoms with van der Waals surface area (Å²) in [5.74, 6) is 1.10. The molecule has 4 nitrogen and oxygen atoms in total. The fraction of sp³-hybridized carbons (Fsp3) is 0.360. The number of halogens is 1. The molecule has 0 saturated carbocycles. The van der Waals surface area contributed by atoms with Gasteiger partial charge in [0.2, 0.25) is 0 Å². The molecule has 1 aromatic carbocycles. The van der Waals surface area contributed by atoms with Crippen LogP contribution in [0.5, 0.6) is 0 Å². The Morgan fingerprint density at radius 3 is 2.71 bits per heavy atom. The molecule has 2 aromatic heterocycles. The first kappa shape index (κ1) is 20.7. The van der Waals surface area contributed by atoms with Crippen LogP contribution in [0.3, 0.4) is 0 Å². The summed E-state index contributed by atoms with van der Waals surface area (Å²) in [6.07, 6.45) is 2.99. The molecule has 3 atom stereocenters. The van der Waals surface area contributed by atoms with Crippen molar-refractivity contribution in [3.63, 3.8) is 0 Å². The van der Waals surface area contributed by atoms with Gasteiger partial charge >= 0.3 is 0 Å². The molecule has 0 N–H and O–H groups in total. The first-order valence-electron chi connectivity index (χ1n) is 10.8. The maximum Gasteiger partial charge on any atom is 0.160 e. The molecule has 4 heterocycles. The number of rotatable bonds is 4. The molecule has 0 radical (unpaired) electrons. The van der Waals surface area contributed by atoms with E-state index < -0.39 is 0 Å². The average molecular weight is 451 g/mol. The van der Waals surface area contributed by atoms with Gasteiger partial charge in [-0.05, 0) is 68.7 Å². The summed E-state index contributed by atoms with van der Waals surface area (Å²) in [7, 11) is 0. The zero-order chi connectivity index (χ0) is 21.7. The second kappa shape index (κ2) is 8.03. The summed E-state index contributed by atoms with van der Waals surface area (Å²) in [4.78, 5) is 12.4. The van der Waals surface area contributed by atoms with Crippen LogP contribution < -0.4 is 0 Å². The Bertz CT molecular complexity index is 1150. The van der Waals surface area contributed by atoms with E-state index in [-0.39, 0.29) is 12.1 Å². The molecular formula is C25H27ClN4S. The number of benzene rings is 1. The number of amidine groups is 1. The topological polar surface area (TPSA) is 33.4 Å². The second-order valence-electron chi connectivity index (χ2n) is 8.43. The van der Waals surface area contributed by atoms with E-state index in [0.717, 1.165) is 33.7 Å². The van der Waals surface area contributed by atoms with Crippen LogP contribution in [0, 0.1) is 20.8 Å². The van der Waals surface area contributed by atoms with Gasteiger partial charge in [-0.1, -0.05) is 42.4 Å². The maximum atomic E-state index is 6.37. The van der Waals surface area contributed by atoms with Crippen molar-refractivity contribution in [2.24, 2.45) is 4.99 Å². The SMILES string of the molecule is CC[C@@H]1CSC2=N[C@@H](c3ccccn3)[C@@H](c3cc(C)n(-c4cc(Cl)ccc4C)c3C)N21. The van der Waals surface area contributed by atoms with Crippen molar-refractivity contribution in [2.45, 2.75) is 52.2 Å².